The van der Waals surface area contributed by atoms with Crippen LogP contribution in [0.15, 0.2) is 170 Å². The van der Waals surface area contributed by atoms with Gasteiger partial charge in [-0.05, 0) is 184 Å². The predicted octanol–water partition coefficient (Wildman–Crippen LogP) is 14.9. The van der Waals surface area contributed by atoms with Gasteiger partial charge in [0.25, 0.3) is 0 Å². The predicted molar refractivity (Wildman–Crippen MR) is 246 cm³/mol. The molecule has 8 aromatic rings. The molecule has 4 aliphatic rings. The Morgan fingerprint density at radius 3 is 1.63 bits per heavy atom. The maximum Gasteiger partial charge on any atom is 0.0726 e. The smallest absolute Gasteiger partial charge is 0.0726 e. The Balaban J connectivity index is 1.20. The first-order chi connectivity index (χ1) is 29.2. The lowest BCUT2D eigenvalue weighted by Crippen LogP contribution is -2.26. The van der Waals surface area contributed by atoms with Crippen LogP contribution in [0.1, 0.15) is 75.8 Å². The lowest BCUT2D eigenvalue weighted by molar-refractivity contribution is 0.685. The third-order valence-electron chi connectivity index (χ3n) is 14.2. The summed E-state index contributed by atoms with van der Waals surface area (Å²) in [5, 5.41) is 0. The molecule has 0 saturated carbocycles. The van der Waals surface area contributed by atoms with Crippen LogP contribution in [-0.2, 0) is 31.1 Å². The van der Waals surface area contributed by atoms with Gasteiger partial charge in [-0.2, -0.15) is 0 Å². The van der Waals surface area contributed by atoms with E-state index in [0.29, 0.717) is 0 Å². The summed E-state index contributed by atoms with van der Waals surface area (Å²) >= 11 is 0. The first-order valence-corrected chi connectivity index (χ1v) is 21.9. The topological polar surface area (TPSA) is 3.24 Å². The Hall–Kier alpha value is -6.44. The van der Waals surface area contributed by atoms with Crippen LogP contribution >= 0.6 is 0 Å². The zero-order valence-corrected chi connectivity index (χ0v) is 33.8. The van der Waals surface area contributed by atoms with Gasteiger partial charge in [0.05, 0.1) is 11.1 Å². The van der Waals surface area contributed by atoms with Gasteiger partial charge in [-0.3, -0.25) is 0 Å². The Kier molecular flexibility index (Phi) is 7.95. The lowest BCUT2D eigenvalue weighted by Gasteiger charge is -2.34. The van der Waals surface area contributed by atoms with E-state index in [4.69, 9.17) is 0 Å². The van der Waals surface area contributed by atoms with Crippen LogP contribution in [0.25, 0.3) is 44.5 Å². The van der Waals surface area contributed by atoms with Crippen molar-refractivity contribution in [3.8, 4) is 44.5 Å². The van der Waals surface area contributed by atoms with E-state index < -0.39 is 5.41 Å². The fraction of sp³-hybridized carbons (Fsp3) is 0.172. The van der Waals surface area contributed by atoms with E-state index in [-0.39, 0.29) is 0 Å². The van der Waals surface area contributed by atoms with Crippen LogP contribution in [0, 0.1) is 6.92 Å². The molecular formula is C58H47N. The first-order valence-electron chi connectivity index (χ1n) is 21.9. The molecule has 0 fully saturated rings. The number of fused-ring (bicyclic) bond motifs is 12. The third kappa shape index (κ3) is 5.17. The molecule has 1 heteroatoms. The molecule has 1 nitrogen and oxygen atoms in total. The van der Waals surface area contributed by atoms with Crippen LogP contribution in [-0.4, -0.2) is 0 Å². The van der Waals surface area contributed by atoms with Crippen LogP contribution in [0.5, 0.6) is 0 Å². The summed E-state index contributed by atoms with van der Waals surface area (Å²) in [6.07, 6.45) is 9.59. The number of benzene rings is 8. The zero-order valence-electron chi connectivity index (χ0n) is 33.8. The van der Waals surface area contributed by atoms with Crippen LogP contribution in [0.3, 0.4) is 0 Å². The average molecular weight is 758 g/mol. The summed E-state index contributed by atoms with van der Waals surface area (Å²) in [4.78, 5) is 2.62. The molecule has 8 aromatic carbocycles. The number of hydrogen-bond acceptors (Lipinski definition) is 1. The van der Waals surface area contributed by atoms with Gasteiger partial charge in [0.2, 0.25) is 0 Å². The van der Waals surface area contributed by atoms with Crippen molar-refractivity contribution in [2.45, 2.75) is 63.7 Å². The fourth-order valence-corrected chi connectivity index (χ4v) is 11.6. The molecule has 0 N–H and O–H groups in total. The molecule has 0 aliphatic heterocycles. The SMILES string of the molecule is Cc1ccc2c(c1-c1cc3c(cc1N(c1ccc(-c4ccccc4)cc1)c1ccc4c(c1)CCCC4)C1(c4ccccc4-c4ccccc41)c1ccccc1-3)CCCC2. The van der Waals surface area contributed by atoms with Crippen LogP contribution < -0.4 is 4.90 Å². The van der Waals surface area contributed by atoms with Crippen molar-refractivity contribution in [1.29, 1.82) is 0 Å². The molecule has 59 heavy (non-hydrogen) atoms. The minimum absolute atomic E-state index is 0.434. The maximum atomic E-state index is 2.63. The lowest BCUT2D eigenvalue weighted by atomic mass is 9.70. The number of nitrogens with zero attached hydrogens (tertiary/aromatic N) is 1. The average Bonchev–Trinajstić information content (AvgIpc) is 3.76. The van der Waals surface area contributed by atoms with Gasteiger partial charge in [-0.25, -0.2) is 0 Å². The summed E-state index contributed by atoms with van der Waals surface area (Å²) in [5.41, 5.74) is 26.8. The highest BCUT2D eigenvalue weighted by Gasteiger charge is 2.52. The van der Waals surface area contributed by atoms with E-state index in [1.807, 2.05) is 0 Å². The molecule has 12 rings (SSSR count). The normalized spacial score (nSPS) is 15.1. The van der Waals surface area contributed by atoms with Gasteiger partial charge >= 0.3 is 0 Å². The summed E-state index contributed by atoms with van der Waals surface area (Å²) in [7, 11) is 0. The number of rotatable bonds is 5. The van der Waals surface area contributed by atoms with Gasteiger partial charge in [-0.1, -0.05) is 133 Å². The van der Waals surface area contributed by atoms with E-state index in [1.54, 1.807) is 5.56 Å². The van der Waals surface area contributed by atoms with Crippen molar-refractivity contribution >= 4 is 17.1 Å². The molecule has 0 unspecified atom stereocenters. The Bertz CT molecular complexity index is 2900. The molecule has 0 aromatic heterocycles. The standard InChI is InChI=1S/C58H47N/c1-38-27-28-42-18-7-8-20-46(42)57(38)51-36-50-49-23-11-14-26-54(49)58(52-24-12-9-21-47(52)48-22-10-13-25-53(48)58)55(50)37-56(51)59(45-34-31-40-17-5-6-19-43(40)35-45)44-32-29-41(30-33-44)39-15-3-2-4-16-39/h2-4,9-16,21-37H,5-8,17-20H2,1H3. The number of aryl methyl sites for hydroxylation is 4. The Morgan fingerprint density at radius 1 is 0.390 bits per heavy atom. The molecule has 0 radical (unpaired) electrons. The molecule has 1 spiro atoms. The zero-order chi connectivity index (χ0) is 39.1. The molecule has 0 amide bonds. The summed E-state index contributed by atoms with van der Waals surface area (Å²) in [6, 6.07) is 65.2. The van der Waals surface area contributed by atoms with Crippen LogP contribution in [0.2, 0.25) is 0 Å². The highest BCUT2D eigenvalue weighted by Crippen LogP contribution is 2.64. The second-order valence-electron chi connectivity index (χ2n) is 17.3. The van der Waals surface area contributed by atoms with Crippen molar-refractivity contribution in [3.05, 3.63) is 220 Å². The molecule has 0 saturated heterocycles. The van der Waals surface area contributed by atoms with Gasteiger partial charge in [0.1, 0.15) is 0 Å². The van der Waals surface area contributed by atoms with Crippen molar-refractivity contribution in [1.82, 2.24) is 0 Å². The largest absolute Gasteiger partial charge is 0.310 e. The molecule has 284 valence electrons. The van der Waals surface area contributed by atoms with Crippen LogP contribution in [0.4, 0.5) is 17.1 Å². The second-order valence-corrected chi connectivity index (χ2v) is 17.3. The summed E-state index contributed by atoms with van der Waals surface area (Å²) in [5.74, 6) is 0. The van der Waals surface area contributed by atoms with E-state index in [1.165, 1.54) is 138 Å². The van der Waals surface area contributed by atoms with Gasteiger partial charge in [0.15, 0.2) is 0 Å². The second kappa shape index (κ2) is 13.6. The number of hydrogen-bond donors (Lipinski definition) is 0. The van der Waals surface area contributed by atoms with E-state index in [2.05, 4.69) is 182 Å². The summed E-state index contributed by atoms with van der Waals surface area (Å²) < 4.78 is 0. The van der Waals surface area contributed by atoms with Crippen molar-refractivity contribution < 1.29 is 0 Å². The minimum atomic E-state index is -0.434. The van der Waals surface area contributed by atoms with E-state index in [0.717, 1.165) is 19.3 Å². The van der Waals surface area contributed by atoms with Gasteiger partial charge in [0, 0.05) is 16.9 Å². The van der Waals surface area contributed by atoms with E-state index in [9.17, 15) is 0 Å². The molecule has 0 bridgehead atoms. The number of anilines is 3. The Morgan fingerprint density at radius 2 is 0.932 bits per heavy atom. The molecular weight excluding hydrogens is 711 g/mol. The first kappa shape index (κ1) is 34.6. The van der Waals surface area contributed by atoms with Crippen molar-refractivity contribution in [2.75, 3.05) is 4.90 Å². The van der Waals surface area contributed by atoms with Gasteiger partial charge < -0.3 is 4.90 Å². The highest BCUT2D eigenvalue weighted by atomic mass is 15.1. The quantitative estimate of drug-likeness (QED) is 0.169. The van der Waals surface area contributed by atoms with Gasteiger partial charge in [-0.15, -0.1) is 0 Å². The third-order valence-corrected chi connectivity index (χ3v) is 14.2. The molecule has 0 atom stereocenters. The molecule has 4 aliphatic carbocycles. The Labute approximate surface area is 348 Å². The van der Waals surface area contributed by atoms with Crippen molar-refractivity contribution in [2.24, 2.45) is 0 Å². The van der Waals surface area contributed by atoms with E-state index >= 15 is 0 Å². The minimum Gasteiger partial charge on any atom is -0.310 e. The highest BCUT2D eigenvalue weighted by molar-refractivity contribution is 6.01. The summed E-state index contributed by atoms with van der Waals surface area (Å²) in [6.45, 7) is 2.35. The van der Waals surface area contributed by atoms with Crippen molar-refractivity contribution in [3.63, 3.8) is 0 Å². The maximum absolute atomic E-state index is 2.63. The molecule has 0 heterocycles. The monoisotopic (exact) mass is 757 g/mol. The fourth-order valence-electron chi connectivity index (χ4n) is 11.6.